The first-order chi connectivity index (χ1) is 9.83. The van der Waals surface area contributed by atoms with Crippen molar-refractivity contribution in [3.63, 3.8) is 0 Å². The van der Waals surface area contributed by atoms with E-state index in [4.69, 9.17) is 0 Å². The Labute approximate surface area is 125 Å². The van der Waals surface area contributed by atoms with Crippen molar-refractivity contribution in [2.45, 2.75) is 58.8 Å². The minimum absolute atomic E-state index is 0.0290. The summed E-state index contributed by atoms with van der Waals surface area (Å²) < 4.78 is 0. The third-order valence-electron chi connectivity index (χ3n) is 4.83. The fraction of sp³-hybridized carbons (Fsp3) is 0.812. The van der Waals surface area contributed by atoms with E-state index in [1.54, 1.807) is 0 Å². The molecule has 1 saturated heterocycles. The molecule has 1 heterocycles. The van der Waals surface area contributed by atoms with Crippen LogP contribution in [0.15, 0.2) is 0 Å². The Balaban J connectivity index is 2.04. The van der Waals surface area contributed by atoms with Gasteiger partial charge in [-0.05, 0) is 30.6 Å². The van der Waals surface area contributed by atoms with Crippen LogP contribution in [0, 0.1) is 17.3 Å². The number of amides is 2. The summed E-state index contributed by atoms with van der Waals surface area (Å²) in [6.07, 6.45) is 5.38. The average Bonchev–Trinajstić information content (AvgIpc) is 2.79. The van der Waals surface area contributed by atoms with Crippen LogP contribution >= 0.6 is 0 Å². The number of hydrogen-bond acceptors (Lipinski definition) is 3. The lowest BCUT2D eigenvalue weighted by Crippen LogP contribution is -2.49. The maximum atomic E-state index is 12.3. The third-order valence-corrected chi connectivity index (χ3v) is 4.83. The SMILES string of the molecule is CC(C)CC(CN1C(=O)CC2(CCCC2)CC1=O)C(=O)O. The second kappa shape index (κ2) is 6.16. The van der Waals surface area contributed by atoms with Crippen molar-refractivity contribution in [3.8, 4) is 0 Å². The maximum absolute atomic E-state index is 12.3. The molecular formula is C16H25NO4. The molecule has 2 rings (SSSR count). The summed E-state index contributed by atoms with van der Waals surface area (Å²) in [6.45, 7) is 3.92. The van der Waals surface area contributed by atoms with Crippen molar-refractivity contribution in [1.82, 2.24) is 4.90 Å². The van der Waals surface area contributed by atoms with Gasteiger partial charge in [0.05, 0.1) is 5.92 Å². The average molecular weight is 295 g/mol. The number of carboxylic acid groups (broad SMARTS) is 1. The van der Waals surface area contributed by atoms with Crippen molar-refractivity contribution in [1.29, 1.82) is 0 Å². The number of nitrogens with zero attached hydrogens (tertiary/aromatic N) is 1. The van der Waals surface area contributed by atoms with Gasteiger partial charge in [-0.25, -0.2) is 0 Å². The number of piperidine rings is 1. The summed E-state index contributed by atoms with van der Waals surface area (Å²) in [6, 6.07) is 0. The third kappa shape index (κ3) is 3.63. The molecule has 5 nitrogen and oxygen atoms in total. The Bertz CT molecular complexity index is 418. The molecule has 0 bridgehead atoms. The van der Waals surface area contributed by atoms with Crippen LogP contribution in [-0.2, 0) is 14.4 Å². The molecule has 21 heavy (non-hydrogen) atoms. The second-order valence-corrected chi connectivity index (χ2v) is 7.12. The molecule has 1 aliphatic carbocycles. The van der Waals surface area contributed by atoms with E-state index in [2.05, 4.69) is 0 Å². The zero-order valence-electron chi connectivity index (χ0n) is 12.9. The number of rotatable bonds is 5. The predicted octanol–water partition coefficient (Wildman–Crippen LogP) is 2.44. The van der Waals surface area contributed by atoms with Gasteiger partial charge in [0.2, 0.25) is 11.8 Å². The van der Waals surface area contributed by atoms with E-state index in [-0.39, 0.29) is 29.7 Å². The monoisotopic (exact) mass is 295 g/mol. The molecule has 0 aromatic heterocycles. The number of hydrogen-bond donors (Lipinski definition) is 1. The van der Waals surface area contributed by atoms with Crippen molar-refractivity contribution in [3.05, 3.63) is 0 Å². The Morgan fingerprint density at radius 1 is 1.19 bits per heavy atom. The van der Waals surface area contributed by atoms with Crippen LogP contribution in [0.5, 0.6) is 0 Å². The van der Waals surface area contributed by atoms with Crippen LogP contribution in [0.3, 0.4) is 0 Å². The van der Waals surface area contributed by atoms with Crippen LogP contribution in [-0.4, -0.2) is 34.3 Å². The van der Waals surface area contributed by atoms with Gasteiger partial charge in [0.25, 0.3) is 0 Å². The van der Waals surface area contributed by atoms with Crippen molar-refractivity contribution < 1.29 is 19.5 Å². The Morgan fingerprint density at radius 2 is 1.71 bits per heavy atom. The van der Waals surface area contributed by atoms with Gasteiger partial charge in [0.15, 0.2) is 0 Å². The molecule has 0 aromatic rings. The minimum Gasteiger partial charge on any atom is -0.481 e. The molecule has 0 radical (unpaired) electrons. The summed E-state index contributed by atoms with van der Waals surface area (Å²) in [4.78, 5) is 37.2. The number of carbonyl (C=O) groups excluding carboxylic acids is 2. The van der Waals surface area contributed by atoms with Crippen molar-refractivity contribution in [2.24, 2.45) is 17.3 Å². The van der Waals surface area contributed by atoms with E-state index in [9.17, 15) is 19.5 Å². The normalized spacial score (nSPS) is 23.1. The van der Waals surface area contributed by atoms with Crippen molar-refractivity contribution in [2.75, 3.05) is 6.54 Å². The molecule has 1 aliphatic heterocycles. The second-order valence-electron chi connectivity index (χ2n) is 7.12. The summed E-state index contributed by atoms with van der Waals surface area (Å²) >= 11 is 0. The highest BCUT2D eigenvalue weighted by Crippen LogP contribution is 2.47. The van der Waals surface area contributed by atoms with Gasteiger partial charge < -0.3 is 5.11 Å². The van der Waals surface area contributed by atoms with Gasteiger partial charge in [-0.3, -0.25) is 19.3 Å². The molecule has 1 atom stereocenters. The van der Waals surface area contributed by atoms with Crippen LogP contribution in [0.1, 0.15) is 58.8 Å². The zero-order chi connectivity index (χ0) is 15.6. The van der Waals surface area contributed by atoms with E-state index in [1.807, 2.05) is 13.8 Å². The quantitative estimate of drug-likeness (QED) is 0.790. The summed E-state index contributed by atoms with van der Waals surface area (Å²) in [5.41, 5.74) is -0.124. The molecule has 1 N–H and O–H groups in total. The molecule has 0 aromatic carbocycles. The highest BCUT2D eigenvalue weighted by atomic mass is 16.4. The summed E-state index contributed by atoms with van der Waals surface area (Å²) in [7, 11) is 0. The maximum Gasteiger partial charge on any atom is 0.308 e. The Hall–Kier alpha value is -1.39. The van der Waals surface area contributed by atoms with Gasteiger partial charge in [0.1, 0.15) is 0 Å². The number of likely N-dealkylation sites (tertiary alicyclic amines) is 1. The van der Waals surface area contributed by atoms with E-state index in [0.717, 1.165) is 25.7 Å². The molecule has 1 spiro atoms. The Morgan fingerprint density at radius 3 is 2.14 bits per heavy atom. The molecule has 2 aliphatic rings. The summed E-state index contributed by atoms with van der Waals surface area (Å²) in [5.74, 6) is -1.71. The highest BCUT2D eigenvalue weighted by molar-refractivity contribution is 5.99. The molecule has 2 amide bonds. The van der Waals surface area contributed by atoms with E-state index in [1.165, 1.54) is 4.90 Å². The van der Waals surface area contributed by atoms with Crippen LogP contribution in [0.25, 0.3) is 0 Å². The lowest BCUT2D eigenvalue weighted by atomic mass is 9.76. The first-order valence-corrected chi connectivity index (χ1v) is 7.89. The molecule has 2 fully saturated rings. The first kappa shape index (κ1) is 16.0. The van der Waals surface area contributed by atoms with Gasteiger partial charge in [-0.1, -0.05) is 26.7 Å². The molecule has 118 valence electrons. The predicted molar refractivity (Wildman–Crippen MR) is 77.4 cm³/mol. The van der Waals surface area contributed by atoms with Crippen molar-refractivity contribution >= 4 is 17.8 Å². The topological polar surface area (TPSA) is 74.7 Å². The number of carbonyl (C=O) groups is 3. The number of imide groups is 1. The highest BCUT2D eigenvalue weighted by Gasteiger charge is 2.45. The number of carboxylic acids is 1. The lowest BCUT2D eigenvalue weighted by Gasteiger charge is -2.38. The zero-order valence-corrected chi connectivity index (χ0v) is 12.9. The van der Waals surface area contributed by atoms with Crippen LogP contribution < -0.4 is 0 Å². The Kier molecular flexibility index (Phi) is 4.69. The fourth-order valence-corrected chi connectivity index (χ4v) is 3.76. The molecule has 5 heteroatoms. The van der Waals surface area contributed by atoms with Crippen LogP contribution in [0.2, 0.25) is 0 Å². The molecule has 1 unspecified atom stereocenters. The fourth-order valence-electron chi connectivity index (χ4n) is 3.76. The first-order valence-electron chi connectivity index (χ1n) is 7.89. The lowest BCUT2D eigenvalue weighted by molar-refractivity contribution is -0.156. The smallest absolute Gasteiger partial charge is 0.308 e. The van der Waals surface area contributed by atoms with E-state index in [0.29, 0.717) is 19.3 Å². The molecular weight excluding hydrogens is 270 g/mol. The molecule has 1 saturated carbocycles. The standard InChI is InChI=1S/C16H25NO4/c1-11(2)7-12(15(20)21)10-17-13(18)8-16(9-14(17)19)5-3-4-6-16/h11-12H,3-10H2,1-2H3,(H,20,21). The van der Waals surface area contributed by atoms with Gasteiger partial charge in [-0.15, -0.1) is 0 Å². The van der Waals surface area contributed by atoms with E-state index < -0.39 is 11.9 Å². The summed E-state index contributed by atoms with van der Waals surface area (Å²) in [5, 5.41) is 9.28. The van der Waals surface area contributed by atoms with Gasteiger partial charge in [-0.2, -0.15) is 0 Å². The minimum atomic E-state index is -0.926. The van der Waals surface area contributed by atoms with Gasteiger partial charge >= 0.3 is 5.97 Å². The van der Waals surface area contributed by atoms with Crippen LogP contribution in [0.4, 0.5) is 0 Å². The largest absolute Gasteiger partial charge is 0.481 e. The van der Waals surface area contributed by atoms with Gasteiger partial charge in [0, 0.05) is 19.4 Å². The van der Waals surface area contributed by atoms with E-state index >= 15 is 0 Å². The number of aliphatic carboxylic acids is 1.